The Bertz CT molecular complexity index is 652. The first-order valence-electron chi connectivity index (χ1n) is 7.83. The van der Waals surface area contributed by atoms with Crippen LogP contribution in [-0.2, 0) is 0 Å². The first kappa shape index (κ1) is 12.8. The van der Waals surface area contributed by atoms with Crippen LogP contribution in [0.15, 0.2) is 24.3 Å². The second-order valence-electron chi connectivity index (χ2n) is 6.15. The molecule has 0 spiro atoms. The number of nitrogens with one attached hydrogen (secondary N) is 1. The molecule has 1 aromatic carbocycles. The van der Waals surface area contributed by atoms with Crippen molar-refractivity contribution in [1.29, 1.82) is 0 Å². The summed E-state index contributed by atoms with van der Waals surface area (Å²) in [7, 11) is 0. The van der Waals surface area contributed by atoms with Crippen molar-refractivity contribution in [2.24, 2.45) is 5.73 Å². The van der Waals surface area contributed by atoms with Crippen molar-refractivity contribution in [3.05, 3.63) is 24.3 Å². The van der Waals surface area contributed by atoms with E-state index in [0.29, 0.717) is 6.04 Å². The van der Waals surface area contributed by atoms with Gasteiger partial charge in [0, 0.05) is 25.2 Å². The third kappa shape index (κ3) is 2.65. The zero-order valence-electron chi connectivity index (χ0n) is 12.1. The van der Waals surface area contributed by atoms with Crippen molar-refractivity contribution in [1.82, 2.24) is 9.97 Å². The van der Waals surface area contributed by atoms with Gasteiger partial charge >= 0.3 is 0 Å². The first-order chi connectivity index (χ1) is 10.3. The molecule has 1 saturated carbocycles. The molecular formula is C16H21N5. The van der Waals surface area contributed by atoms with Gasteiger partial charge in [0.15, 0.2) is 11.6 Å². The van der Waals surface area contributed by atoms with Crippen LogP contribution in [-0.4, -0.2) is 35.1 Å². The maximum atomic E-state index is 6.13. The van der Waals surface area contributed by atoms with Crippen molar-refractivity contribution >= 4 is 22.7 Å². The van der Waals surface area contributed by atoms with E-state index in [2.05, 4.69) is 10.2 Å². The summed E-state index contributed by atoms with van der Waals surface area (Å²) in [6.45, 7) is 1.88. The van der Waals surface area contributed by atoms with Crippen LogP contribution in [0.25, 0.3) is 11.0 Å². The van der Waals surface area contributed by atoms with E-state index < -0.39 is 0 Å². The molecule has 2 fully saturated rings. The summed E-state index contributed by atoms with van der Waals surface area (Å²) in [6.07, 6.45) is 4.68. The standard InChI is InChI=1S/C16H21N5/c17-11-4-3-9-21(10-11)16-15(18-12-7-8-12)19-13-5-1-2-6-14(13)20-16/h1-2,5-6,11-12H,3-4,7-10,17H2,(H,18,19). The van der Waals surface area contributed by atoms with Gasteiger partial charge in [-0.25, -0.2) is 9.97 Å². The van der Waals surface area contributed by atoms with E-state index >= 15 is 0 Å². The minimum Gasteiger partial charge on any atom is -0.364 e. The second kappa shape index (κ2) is 5.15. The molecule has 4 rings (SSSR count). The van der Waals surface area contributed by atoms with Crippen LogP contribution < -0.4 is 16.0 Å². The van der Waals surface area contributed by atoms with Crippen LogP contribution in [0.4, 0.5) is 11.6 Å². The van der Waals surface area contributed by atoms with E-state index in [1.54, 1.807) is 0 Å². The van der Waals surface area contributed by atoms with Gasteiger partial charge < -0.3 is 16.0 Å². The predicted molar refractivity (Wildman–Crippen MR) is 85.6 cm³/mol. The molecule has 1 aliphatic heterocycles. The van der Waals surface area contributed by atoms with E-state index in [-0.39, 0.29) is 6.04 Å². The summed E-state index contributed by atoms with van der Waals surface area (Å²) in [5.41, 5.74) is 8.03. The number of rotatable bonds is 3. The van der Waals surface area contributed by atoms with E-state index in [1.807, 2.05) is 24.3 Å². The SMILES string of the molecule is NC1CCCN(c2nc3ccccc3nc2NC2CC2)C1. The van der Waals surface area contributed by atoms with Gasteiger partial charge in [-0.2, -0.15) is 0 Å². The Kier molecular flexibility index (Phi) is 3.15. The van der Waals surface area contributed by atoms with Crippen LogP contribution in [0, 0.1) is 0 Å². The Balaban J connectivity index is 1.76. The quantitative estimate of drug-likeness (QED) is 0.903. The van der Waals surface area contributed by atoms with Gasteiger partial charge in [-0.05, 0) is 37.8 Å². The predicted octanol–water partition coefficient (Wildman–Crippen LogP) is 2.13. The Morgan fingerprint density at radius 1 is 1.10 bits per heavy atom. The first-order valence-corrected chi connectivity index (χ1v) is 7.83. The van der Waals surface area contributed by atoms with Gasteiger partial charge in [-0.1, -0.05) is 12.1 Å². The van der Waals surface area contributed by atoms with Crippen LogP contribution in [0.2, 0.25) is 0 Å². The molecule has 1 unspecified atom stereocenters. The lowest BCUT2D eigenvalue weighted by atomic mass is 10.1. The number of anilines is 2. The number of fused-ring (bicyclic) bond motifs is 1. The van der Waals surface area contributed by atoms with Gasteiger partial charge in [-0.3, -0.25) is 0 Å². The molecular weight excluding hydrogens is 262 g/mol. The number of piperidine rings is 1. The highest BCUT2D eigenvalue weighted by molar-refractivity contribution is 5.80. The van der Waals surface area contributed by atoms with Crippen molar-refractivity contribution in [3.63, 3.8) is 0 Å². The lowest BCUT2D eigenvalue weighted by Gasteiger charge is -2.32. The normalized spacial score (nSPS) is 22.5. The lowest BCUT2D eigenvalue weighted by Crippen LogP contribution is -2.43. The third-order valence-electron chi connectivity index (χ3n) is 4.23. The fourth-order valence-corrected chi connectivity index (χ4v) is 2.93. The highest BCUT2D eigenvalue weighted by Gasteiger charge is 2.26. The summed E-state index contributed by atoms with van der Waals surface area (Å²) in [6, 6.07) is 8.87. The smallest absolute Gasteiger partial charge is 0.172 e. The zero-order valence-corrected chi connectivity index (χ0v) is 12.1. The Labute approximate surface area is 124 Å². The van der Waals surface area contributed by atoms with Crippen molar-refractivity contribution in [2.45, 2.75) is 37.8 Å². The van der Waals surface area contributed by atoms with Gasteiger partial charge in [0.25, 0.3) is 0 Å². The summed E-state index contributed by atoms with van der Waals surface area (Å²) in [5.74, 6) is 1.89. The van der Waals surface area contributed by atoms with Gasteiger partial charge in [0.1, 0.15) is 0 Å². The number of benzene rings is 1. The fraction of sp³-hybridized carbons (Fsp3) is 0.500. The summed E-state index contributed by atoms with van der Waals surface area (Å²) in [4.78, 5) is 11.9. The molecule has 3 N–H and O–H groups in total. The molecule has 1 atom stereocenters. The van der Waals surface area contributed by atoms with E-state index in [9.17, 15) is 0 Å². The number of hydrogen-bond acceptors (Lipinski definition) is 5. The number of nitrogens with zero attached hydrogens (tertiary/aromatic N) is 3. The second-order valence-corrected chi connectivity index (χ2v) is 6.15. The van der Waals surface area contributed by atoms with Gasteiger partial charge in [-0.15, -0.1) is 0 Å². The average molecular weight is 283 g/mol. The minimum atomic E-state index is 0.237. The van der Waals surface area contributed by atoms with Crippen molar-refractivity contribution in [2.75, 3.05) is 23.3 Å². The molecule has 21 heavy (non-hydrogen) atoms. The molecule has 5 nitrogen and oxygen atoms in total. The van der Waals surface area contributed by atoms with E-state index in [0.717, 1.165) is 48.6 Å². The molecule has 0 radical (unpaired) electrons. The molecule has 1 aliphatic carbocycles. The van der Waals surface area contributed by atoms with Crippen LogP contribution >= 0.6 is 0 Å². The number of nitrogens with two attached hydrogens (primary N) is 1. The zero-order chi connectivity index (χ0) is 14.2. The highest BCUT2D eigenvalue weighted by atomic mass is 15.2. The number of para-hydroxylation sites is 2. The molecule has 110 valence electrons. The molecule has 2 aliphatic rings. The van der Waals surface area contributed by atoms with E-state index in [4.69, 9.17) is 15.7 Å². The molecule has 2 aromatic rings. The van der Waals surface area contributed by atoms with Crippen LogP contribution in [0.5, 0.6) is 0 Å². The lowest BCUT2D eigenvalue weighted by molar-refractivity contribution is 0.503. The fourth-order valence-electron chi connectivity index (χ4n) is 2.93. The maximum Gasteiger partial charge on any atom is 0.172 e. The monoisotopic (exact) mass is 283 g/mol. The topological polar surface area (TPSA) is 67.1 Å². The molecule has 0 amide bonds. The van der Waals surface area contributed by atoms with E-state index in [1.165, 1.54) is 12.8 Å². The highest BCUT2D eigenvalue weighted by Crippen LogP contribution is 2.31. The summed E-state index contributed by atoms with van der Waals surface area (Å²) in [5, 5.41) is 3.53. The number of hydrogen-bond donors (Lipinski definition) is 2. The Morgan fingerprint density at radius 3 is 2.57 bits per heavy atom. The maximum absolute atomic E-state index is 6.13. The summed E-state index contributed by atoms with van der Waals surface area (Å²) < 4.78 is 0. The molecule has 0 bridgehead atoms. The molecule has 1 saturated heterocycles. The third-order valence-corrected chi connectivity index (χ3v) is 4.23. The van der Waals surface area contributed by atoms with Crippen LogP contribution in [0.1, 0.15) is 25.7 Å². The average Bonchev–Trinajstić information content (AvgIpc) is 3.30. The van der Waals surface area contributed by atoms with Crippen LogP contribution in [0.3, 0.4) is 0 Å². The molecule has 2 heterocycles. The Hall–Kier alpha value is -1.88. The largest absolute Gasteiger partial charge is 0.364 e. The minimum absolute atomic E-state index is 0.237. The van der Waals surface area contributed by atoms with Gasteiger partial charge in [0.05, 0.1) is 11.0 Å². The molecule has 1 aromatic heterocycles. The summed E-state index contributed by atoms with van der Waals surface area (Å²) >= 11 is 0. The molecule has 5 heteroatoms. The van der Waals surface area contributed by atoms with Crippen molar-refractivity contribution in [3.8, 4) is 0 Å². The van der Waals surface area contributed by atoms with Crippen molar-refractivity contribution < 1.29 is 0 Å². The Morgan fingerprint density at radius 2 is 1.86 bits per heavy atom. The van der Waals surface area contributed by atoms with Gasteiger partial charge in [0.2, 0.25) is 0 Å². The number of aromatic nitrogens is 2.